The summed E-state index contributed by atoms with van der Waals surface area (Å²) < 4.78 is 0. The van der Waals surface area contributed by atoms with Crippen molar-refractivity contribution in [2.24, 2.45) is 0 Å². The Morgan fingerprint density at radius 2 is 2.16 bits per heavy atom. The van der Waals surface area contributed by atoms with Crippen molar-refractivity contribution in [3.63, 3.8) is 0 Å². The van der Waals surface area contributed by atoms with E-state index in [9.17, 15) is 10.4 Å². The van der Waals surface area contributed by atoms with Crippen LogP contribution in [0.4, 0.5) is 5.69 Å². The highest BCUT2D eigenvalue weighted by molar-refractivity contribution is 7.99. The summed E-state index contributed by atoms with van der Waals surface area (Å²) in [6.07, 6.45) is 4.22. The molecular weight excluding hydrogens is 256 g/mol. The van der Waals surface area contributed by atoms with Gasteiger partial charge >= 0.3 is 0 Å². The molecule has 0 saturated heterocycles. The highest BCUT2D eigenvalue weighted by Crippen LogP contribution is 2.35. The second-order valence-corrected chi connectivity index (χ2v) is 6.30. The monoisotopic (exact) mass is 276 g/mol. The Morgan fingerprint density at radius 1 is 1.42 bits per heavy atom. The zero-order valence-electron chi connectivity index (χ0n) is 11.3. The lowest BCUT2D eigenvalue weighted by Gasteiger charge is -2.30. The summed E-state index contributed by atoms with van der Waals surface area (Å²) in [6.45, 7) is 2.21. The van der Waals surface area contributed by atoms with E-state index in [2.05, 4.69) is 18.3 Å². The molecule has 0 heterocycles. The van der Waals surface area contributed by atoms with Gasteiger partial charge in [-0.05, 0) is 30.7 Å². The molecule has 1 aliphatic rings. The standard InChI is InChI=1S/C15H20N2OS/c1-2-19-14-7-5-6-13(12(14)10-16)17-15(11-18)8-3-4-9-15/h5-7,17-18H,2-4,8-9,11H2,1H3. The number of nitrogens with zero attached hydrogens (tertiary/aromatic N) is 1. The zero-order valence-corrected chi connectivity index (χ0v) is 12.1. The van der Waals surface area contributed by atoms with Gasteiger partial charge in [-0.15, -0.1) is 11.8 Å². The number of hydrogen-bond donors (Lipinski definition) is 2. The summed E-state index contributed by atoms with van der Waals surface area (Å²) in [5.74, 6) is 0.948. The van der Waals surface area contributed by atoms with E-state index in [-0.39, 0.29) is 12.1 Å². The minimum absolute atomic E-state index is 0.128. The third-order valence-electron chi connectivity index (χ3n) is 3.70. The van der Waals surface area contributed by atoms with Crippen molar-refractivity contribution < 1.29 is 5.11 Å². The van der Waals surface area contributed by atoms with Crippen LogP contribution in [0, 0.1) is 11.3 Å². The molecule has 0 amide bonds. The number of hydrogen-bond acceptors (Lipinski definition) is 4. The predicted octanol–water partition coefficient (Wildman–Crippen LogP) is 3.39. The van der Waals surface area contributed by atoms with Crippen molar-refractivity contribution >= 4 is 17.4 Å². The van der Waals surface area contributed by atoms with Crippen LogP contribution in [-0.4, -0.2) is 23.0 Å². The van der Waals surface area contributed by atoms with Gasteiger partial charge in [0.25, 0.3) is 0 Å². The Kier molecular flexibility index (Phi) is 4.73. The number of nitrogens with one attached hydrogen (secondary N) is 1. The number of benzene rings is 1. The van der Waals surface area contributed by atoms with Crippen molar-refractivity contribution in [1.29, 1.82) is 5.26 Å². The van der Waals surface area contributed by atoms with Crippen LogP contribution in [0.2, 0.25) is 0 Å². The first kappa shape index (κ1) is 14.2. The van der Waals surface area contributed by atoms with E-state index < -0.39 is 0 Å². The molecule has 1 fully saturated rings. The Bertz CT molecular complexity index is 476. The van der Waals surface area contributed by atoms with E-state index >= 15 is 0 Å². The molecule has 102 valence electrons. The Labute approximate surface area is 119 Å². The predicted molar refractivity (Wildman–Crippen MR) is 79.5 cm³/mol. The smallest absolute Gasteiger partial charge is 0.102 e. The highest BCUT2D eigenvalue weighted by atomic mass is 32.2. The topological polar surface area (TPSA) is 56.0 Å². The first-order valence-electron chi connectivity index (χ1n) is 6.79. The molecule has 1 aliphatic carbocycles. The van der Waals surface area contributed by atoms with Gasteiger partial charge in [0.2, 0.25) is 0 Å². The van der Waals surface area contributed by atoms with Crippen LogP contribution in [0.5, 0.6) is 0 Å². The third kappa shape index (κ3) is 3.05. The number of aliphatic hydroxyl groups is 1. The van der Waals surface area contributed by atoms with Crippen molar-refractivity contribution in [2.45, 2.75) is 43.0 Å². The van der Waals surface area contributed by atoms with Gasteiger partial charge in [0, 0.05) is 4.90 Å². The molecule has 2 N–H and O–H groups in total. The molecule has 19 heavy (non-hydrogen) atoms. The van der Waals surface area contributed by atoms with Crippen LogP contribution in [0.15, 0.2) is 23.1 Å². The molecule has 0 spiro atoms. The van der Waals surface area contributed by atoms with Gasteiger partial charge in [-0.2, -0.15) is 5.26 Å². The molecule has 1 aromatic rings. The molecule has 0 aliphatic heterocycles. The first-order valence-corrected chi connectivity index (χ1v) is 7.78. The van der Waals surface area contributed by atoms with E-state index in [4.69, 9.17) is 0 Å². The summed E-state index contributed by atoms with van der Waals surface area (Å²) in [4.78, 5) is 1.01. The lowest BCUT2D eigenvalue weighted by Crippen LogP contribution is -2.39. The zero-order chi connectivity index (χ0) is 13.7. The summed E-state index contributed by atoms with van der Waals surface area (Å²) in [7, 11) is 0. The fourth-order valence-corrected chi connectivity index (χ4v) is 3.47. The summed E-state index contributed by atoms with van der Waals surface area (Å²) >= 11 is 1.68. The van der Waals surface area contributed by atoms with Gasteiger partial charge in [0.05, 0.1) is 23.4 Å². The van der Waals surface area contributed by atoms with E-state index in [1.54, 1.807) is 11.8 Å². The van der Waals surface area contributed by atoms with Crippen LogP contribution in [0.1, 0.15) is 38.2 Å². The maximum Gasteiger partial charge on any atom is 0.102 e. The number of rotatable bonds is 5. The van der Waals surface area contributed by atoms with Gasteiger partial charge in [-0.3, -0.25) is 0 Å². The molecular formula is C15H20N2OS. The van der Waals surface area contributed by atoms with E-state index in [1.165, 1.54) is 0 Å². The summed E-state index contributed by atoms with van der Waals surface area (Å²) in [5, 5.41) is 22.5. The Hall–Kier alpha value is -1.18. The lowest BCUT2D eigenvalue weighted by atomic mass is 9.97. The maximum absolute atomic E-state index is 9.66. The molecule has 4 heteroatoms. The molecule has 1 saturated carbocycles. The van der Waals surface area contributed by atoms with Crippen LogP contribution >= 0.6 is 11.8 Å². The first-order chi connectivity index (χ1) is 9.24. The average Bonchev–Trinajstić information content (AvgIpc) is 2.89. The second-order valence-electron chi connectivity index (χ2n) is 4.99. The van der Waals surface area contributed by atoms with Gasteiger partial charge in [-0.1, -0.05) is 25.8 Å². The molecule has 0 radical (unpaired) electrons. The molecule has 2 rings (SSSR count). The van der Waals surface area contributed by atoms with E-state index in [1.807, 2.05) is 18.2 Å². The fourth-order valence-electron chi connectivity index (χ4n) is 2.69. The minimum atomic E-state index is -0.235. The van der Waals surface area contributed by atoms with E-state index in [0.29, 0.717) is 5.56 Å². The van der Waals surface area contributed by atoms with Crippen LogP contribution in [0.3, 0.4) is 0 Å². The van der Waals surface area contributed by atoms with Gasteiger partial charge < -0.3 is 10.4 Å². The molecule has 0 unspecified atom stereocenters. The SMILES string of the molecule is CCSc1cccc(NC2(CO)CCCC2)c1C#N. The van der Waals surface area contributed by atoms with Crippen molar-refractivity contribution in [3.8, 4) is 6.07 Å². The van der Waals surface area contributed by atoms with Crippen molar-refractivity contribution in [1.82, 2.24) is 0 Å². The third-order valence-corrected chi connectivity index (χ3v) is 4.64. The molecule has 0 bridgehead atoms. The van der Waals surface area contributed by atoms with Crippen molar-refractivity contribution in [2.75, 3.05) is 17.7 Å². The van der Waals surface area contributed by atoms with Crippen LogP contribution in [0.25, 0.3) is 0 Å². The van der Waals surface area contributed by atoms with Crippen LogP contribution in [-0.2, 0) is 0 Å². The number of nitriles is 1. The molecule has 0 aromatic heterocycles. The highest BCUT2D eigenvalue weighted by Gasteiger charge is 2.33. The van der Waals surface area contributed by atoms with Gasteiger partial charge in [0.1, 0.15) is 6.07 Å². The molecule has 0 atom stereocenters. The Morgan fingerprint density at radius 3 is 2.74 bits per heavy atom. The van der Waals surface area contributed by atoms with E-state index in [0.717, 1.165) is 42.0 Å². The fraction of sp³-hybridized carbons (Fsp3) is 0.533. The Balaban J connectivity index is 2.29. The molecule has 1 aromatic carbocycles. The number of thioether (sulfide) groups is 1. The quantitative estimate of drug-likeness (QED) is 0.809. The second kappa shape index (κ2) is 6.31. The van der Waals surface area contributed by atoms with Gasteiger partial charge in [0.15, 0.2) is 0 Å². The average molecular weight is 276 g/mol. The largest absolute Gasteiger partial charge is 0.394 e. The van der Waals surface area contributed by atoms with Crippen molar-refractivity contribution in [3.05, 3.63) is 23.8 Å². The summed E-state index contributed by atoms with van der Waals surface area (Å²) in [5.41, 5.74) is 1.33. The normalized spacial score (nSPS) is 17.1. The number of anilines is 1. The lowest BCUT2D eigenvalue weighted by molar-refractivity contribution is 0.214. The van der Waals surface area contributed by atoms with Crippen LogP contribution < -0.4 is 5.32 Å². The van der Waals surface area contributed by atoms with Gasteiger partial charge in [-0.25, -0.2) is 0 Å². The molecule has 3 nitrogen and oxygen atoms in total. The number of aliphatic hydroxyl groups excluding tert-OH is 1. The summed E-state index contributed by atoms with van der Waals surface area (Å²) in [6, 6.07) is 8.20. The maximum atomic E-state index is 9.66. The minimum Gasteiger partial charge on any atom is -0.394 e.